The van der Waals surface area contributed by atoms with Gasteiger partial charge in [0.2, 0.25) is 0 Å². The van der Waals surface area contributed by atoms with Gasteiger partial charge in [0.15, 0.2) is 11.4 Å². The maximum Gasteiger partial charge on any atom is 0.295 e. The van der Waals surface area contributed by atoms with E-state index in [9.17, 15) is 14.8 Å². The second kappa shape index (κ2) is 10.9. The third kappa shape index (κ3) is 5.51. The normalized spacial score (nSPS) is 13.8. The van der Waals surface area contributed by atoms with Crippen LogP contribution in [0.4, 0.5) is 0 Å². The molecule has 180 valence electrons. The summed E-state index contributed by atoms with van der Waals surface area (Å²) in [4.78, 5) is 29.8. The van der Waals surface area contributed by atoms with Gasteiger partial charge < -0.3 is 14.2 Å². The molecule has 2 heterocycles. The number of carbonyl (C=O) groups excluding carboxylic acids is 2. The van der Waals surface area contributed by atoms with Gasteiger partial charge in [0, 0.05) is 46.0 Å². The second-order valence-electron chi connectivity index (χ2n) is 8.42. The van der Waals surface area contributed by atoms with Crippen molar-refractivity contribution in [2.45, 2.75) is 13.2 Å². The maximum absolute atomic E-state index is 13.4. The predicted octanol–water partition coefficient (Wildman–Crippen LogP) is 2.55. The second-order valence-corrected chi connectivity index (χ2v) is 8.42. The number of ether oxygens (including phenoxy) is 1. The average molecular weight is 474 g/mol. The highest BCUT2D eigenvalue weighted by Crippen LogP contribution is 2.29. The van der Waals surface area contributed by atoms with Gasteiger partial charge in [-0.2, -0.15) is 5.26 Å². The van der Waals surface area contributed by atoms with Crippen LogP contribution in [0.5, 0.6) is 5.75 Å². The molecule has 35 heavy (non-hydrogen) atoms. The quantitative estimate of drug-likeness (QED) is 0.403. The third-order valence-electron chi connectivity index (χ3n) is 6.06. The molecule has 3 aromatic rings. The lowest BCUT2D eigenvalue weighted by atomic mass is 10.1. The number of nitrogens with one attached hydrogen (secondary N) is 1. The van der Waals surface area contributed by atoms with Crippen LogP contribution in [-0.4, -0.2) is 57.6 Å². The Morgan fingerprint density at radius 2 is 1.71 bits per heavy atom. The number of piperazine rings is 1. The molecule has 1 aliphatic rings. The molecule has 0 aliphatic carbocycles. The number of aromatic nitrogens is 1. The van der Waals surface area contributed by atoms with E-state index in [-0.39, 0.29) is 29.5 Å². The first-order chi connectivity index (χ1) is 17.0. The number of hydroxylamine groups is 1. The van der Waals surface area contributed by atoms with Gasteiger partial charge in [-0.25, -0.2) is 5.48 Å². The number of amides is 2. The van der Waals surface area contributed by atoms with Crippen LogP contribution in [0.2, 0.25) is 0 Å². The fraction of sp³-hybridized carbons (Fsp3) is 0.269. The molecule has 9 heteroatoms. The smallest absolute Gasteiger partial charge is 0.295 e. The first kappa shape index (κ1) is 24.0. The SMILES string of the molecule is Cn1cc(C(=O)N2CCN(Cc3ccccc3)CC2)c(OCc2ccc(C#N)cc2)c1C(=O)NO. The molecule has 0 saturated carbocycles. The fourth-order valence-electron chi connectivity index (χ4n) is 4.17. The molecule has 0 spiro atoms. The van der Waals surface area contributed by atoms with Crippen molar-refractivity contribution in [1.29, 1.82) is 5.26 Å². The highest BCUT2D eigenvalue weighted by atomic mass is 16.5. The first-order valence-electron chi connectivity index (χ1n) is 11.3. The van der Waals surface area contributed by atoms with Crippen molar-refractivity contribution in [3.63, 3.8) is 0 Å². The minimum Gasteiger partial charge on any atom is -0.486 e. The molecular formula is C26H27N5O4. The van der Waals surface area contributed by atoms with Crippen molar-refractivity contribution in [2.75, 3.05) is 26.2 Å². The van der Waals surface area contributed by atoms with Crippen LogP contribution in [0.3, 0.4) is 0 Å². The lowest BCUT2D eigenvalue weighted by Gasteiger charge is -2.34. The van der Waals surface area contributed by atoms with Gasteiger partial charge in [0.25, 0.3) is 11.8 Å². The number of nitriles is 1. The number of carbonyl (C=O) groups is 2. The van der Waals surface area contributed by atoms with E-state index >= 15 is 0 Å². The number of rotatable bonds is 7. The standard InChI is InChI=1S/C26H27N5O4/c1-29-17-22(26(33)31-13-11-30(12-14-31)16-20-5-3-2-4-6-20)24(23(29)25(32)28-34)35-18-21-9-7-19(15-27)8-10-21/h2-10,17,34H,11-14,16,18H2,1H3,(H,28,32). The number of hydrogen-bond acceptors (Lipinski definition) is 6. The van der Waals surface area contributed by atoms with Gasteiger partial charge in [0.05, 0.1) is 11.6 Å². The Morgan fingerprint density at radius 1 is 1.03 bits per heavy atom. The van der Waals surface area contributed by atoms with Gasteiger partial charge in [-0.1, -0.05) is 42.5 Å². The zero-order valence-corrected chi connectivity index (χ0v) is 19.5. The predicted molar refractivity (Wildman–Crippen MR) is 128 cm³/mol. The summed E-state index contributed by atoms with van der Waals surface area (Å²) in [5.41, 5.74) is 4.47. The molecule has 2 aromatic carbocycles. The Morgan fingerprint density at radius 3 is 2.34 bits per heavy atom. The van der Waals surface area contributed by atoms with E-state index in [1.165, 1.54) is 10.1 Å². The average Bonchev–Trinajstić information content (AvgIpc) is 3.23. The molecule has 2 N–H and O–H groups in total. The minimum atomic E-state index is -0.769. The summed E-state index contributed by atoms with van der Waals surface area (Å²) >= 11 is 0. The van der Waals surface area contributed by atoms with E-state index in [0.29, 0.717) is 18.7 Å². The van der Waals surface area contributed by atoms with Gasteiger partial charge in [-0.3, -0.25) is 19.7 Å². The van der Waals surface area contributed by atoms with Crippen LogP contribution in [-0.2, 0) is 20.2 Å². The summed E-state index contributed by atoms with van der Waals surface area (Å²) in [5, 5.41) is 18.2. The molecule has 0 radical (unpaired) electrons. The zero-order valence-electron chi connectivity index (χ0n) is 19.5. The highest BCUT2D eigenvalue weighted by molar-refractivity contribution is 6.03. The summed E-state index contributed by atoms with van der Waals surface area (Å²) in [5.74, 6) is -0.888. The van der Waals surface area contributed by atoms with Gasteiger partial charge in [-0.05, 0) is 23.3 Å². The van der Waals surface area contributed by atoms with Gasteiger partial charge in [0.1, 0.15) is 12.2 Å². The molecule has 1 aromatic heterocycles. The topological polar surface area (TPSA) is 111 Å². The van der Waals surface area contributed by atoms with E-state index in [4.69, 9.17) is 10.00 Å². The van der Waals surface area contributed by atoms with E-state index in [1.807, 2.05) is 18.2 Å². The van der Waals surface area contributed by atoms with Crippen LogP contribution >= 0.6 is 0 Å². The number of aryl methyl sites for hydroxylation is 1. The van der Waals surface area contributed by atoms with Crippen molar-refractivity contribution in [3.05, 3.63) is 88.7 Å². The van der Waals surface area contributed by atoms with Gasteiger partial charge in [-0.15, -0.1) is 0 Å². The number of nitrogens with zero attached hydrogens (tertiary/aromatic N) is 4. The van der Waals surface area contributed by atoms with Crippen LogP contribution in [0.25, 0.3) is 0 Å². The molecule has 0 atom stereocenters. The Bertz CT molecular complexity index is 1220. The molecule has 9 nitrogen and oxygen atoms in total. The molecule has 0 unspecified atom stereocenters. The summed E-state index contributed by atoms with van der Waals surface area (Å²) in [6.07, 6.45) is 1.55. The lowest BCUT2D eigenvalue weighted by Crippen LogP contribution is -2.48. The summed E-state index contributed by atoms with van der Waals surface area (Å²) in [6.45, 7) is 3.49. The van der Waals surface area contributed by atoms with E-state index < -0.39 is 5.91 Å². The highest BCUT2D eigenvalue weighted by Gasteiger charge is 2.30. The zero-order chi connectivity index (χ0) is 24.8. The Kier molecular flexibility index (Phi) is 7.45. The summed E-state index contributed by atoms with van der Waals surface area (Å²) in [7, 11) is 1.62. The van der Waals surface area contributed by atoms with Crippen LogP contribution in [0.15, 0.2) is 60.8 Å². The largest absolute Gasteiger partial charge is 0.486 e. The van der Waals surface area contributed by atoms with E-state index in [1.54, 1.807) is 47.9 Å². The van der Waals surface area contributed by atoms with Crippen LogP contribution < -0.4 is 10.2 Å². The number of benzene rings is 2. The molecule has 1 aliphatic heterocycles. The summed E-state index contributed by atoms with van der Waals surface area (Å²) < 4.78 is 7.42. The van der Waals surface area contributed by atoms with Crippen molar-refractivity contribution in [1.82, 2.24) is 19.8 Å². The lowest BCUT2D eigenvalue weighted by molar-refractivity contribution is 0.0624. The monoisotopic (exact) mass is 473 g/mol. The third-order valence-corrected chi connectivity index (χ3v) is 6.06. The molecular weight excluding hydrogens is 446 g/mol. The van der Waals surface area contributed by atoms with Crippen molar-refractivity contribution >= 4 is 11.8 Å². The molecule has 0 bridgehead atoms. The van der Waals surface area contributed by atoms with Crippen LogP contribution in [0, 0.1) is 11.3 Å². The molecule has 1 saturated heterocycles. The fourth-order valence-corrected chi connectivity index (χ4v) is 4.17. The summed E-state index contributed by atoms with van der Waals surface area (Å²) in [6, 6.07) is 19.1. The van der Waals surface area contributed by atoms with E-state index in [0.717, 1.165) is 25.2 Å². The van der Waals surface area contributed by atoms with Crippen molar-refractivity contribution < 1.29 is 19.5 Å². The van der Waals surface area contributed by atoms with Crippen molar-refractivity contribution in [3.8, 4) is 11.8 Å². The Labute approximate surface area is 203 Å². The van der Waals surface area contributed by atoms with Gasteiger partial charge >= 0.3 is 0 Å². The maximum atomic E-state index is 13.4. The number of hydrogen-bond donors (Lipinski definition) is 2. The first-order valence-corrected chi connectivity index (χ1v) is 11.3. The van der Waals surface area contributed by atoms with E-state index in [2.05, 4.69) is 23.1 Å². The molecule has 4 rings (SSSR count). The molecule has 1 fully saturated rings. The minimum absolute atomic E-state index is 0.0483. The van der Waals surface area contributed by atoms with Crippen molar-refractivity contribution in [2.24, 2.45) is 7.05 Å². The Hall–Kier alpha value is -4.13. The molecule has 2 amide bonds. The van der Waals surface area contributed by atoms with Crippen LogP contribution in [0.1, 0.15) is 37.5 Å². The Balaban J connectivity index is 1.49.